The van der Waals surface area contributed by atoms with Crippen LogP contribution in [0.4, 0.5) is 0 Å². The quantitative estimate of drug-likeness (QED) is 0.874. The van der Waals surface area contributed by atoms with E-state index in [9.17, 15) is 5.11 Å². The summed E-state index contributed by atoms with van der Waals surface area (Å²) in [6, 6.07) is 4.38. The molecule has 3 rings (SSSR count). The molecule has 0 unspecified atom stereocenters. The maximum absolute atomic E-state index is 10.5. The number of thiophene rings is 1. The molecule has 23 heavy (non-hydrogen) atoms. The van der Waals surface area contributed by atoms with Crippen LogP contribution in [0.15, 0.2) is 21.9 Å². The highest BCUT2D eigenvalue weighted by atomic mass is 32.1. The fraction of sp³-hybridized carbons (Fsp3) is 0.647. The highest BCUT2D eigenvalue weighted by Crippen LogP contribution is 2.29. The smallest absolute Gasteiger partial charge is 0.230 e. The van der Waals surface area contributed by atoms with Crippen LogP contribution in [0, 0.1) is 0 Å². The Morgan fingerprint density at radius 2 is 2.22 bits per heavy atom. The molecule has 0 spiro atoms. The van der Waals surface area contributed by atoms with E-state index in [2.05, 4.69) is 15.1 Å². The molecule has 2 atom stereocenters. The summed E-state index contributed by atoms with van der Waals surface area (Å²) in [5.74, 6) is 1.39. The van der Waals surface area contributed by atoms with Gasteiger partial charge in [0.15, 0.2) is 0 Å². The molecule has 3 heterocycles. The molecule has 2 aromatic rings. The molecule has 1 saturated heterocycles. The van der Waals surface area contributed by atoms with Gasteiger partial charge in [-0.15, -0.1) is 21.5 Å². The van der Waals surface area contributed by atoms with E-state index in [-0.39, 0.29) is 6.10 Å². The highest BCUT2D eigenvalue weighted by Gasteiger charge is 2.26. The topological polar surface area (TPSA) is 62.4 Å². The van der Waals surface area contributed by atoms with Crippen molar-refractivity contribution >= 4 is 11.3 Å². The molecule has 0 aliphatic carbocycles. The van der Waals surface area contributed by atoms with Crippen LogP contribution in [0.25, 0.3) is 0 Å². The van der Waals surface area contributed by atoms with Crippen LogP contribution in [0.1, 0.15) is 61.8 Å². The van der Waals surface area contributed by atoms with Gasteiger partial charge in [-0.25, -0.2) is 0 Å². The van der Waals surface area contributed by atoms with E-state index >= 15 is 0 Å². The number of aryl methyl sites for hydroxylation is 1. The number of aliphatic hydroxyl groups excluding tert-OH is 1. The minimum absolute atomic E-state index is 0.367. The van der Waals surface area contributed by atoms with Gasteiger partial charge in [-0.05, 0) is 37.3 Å². The van der Waals surface area contributed by atoms with Crippen molar-refractivity contribution < 1.29 is 9.52 Å². The van der Waals surface area contributed by atoms with Gasteiger partial charge in [-0.2, -0.15) is 0 Å². The zero-order valence-corrected chi connectivity index (χ0v) is 14.5. The summed E-state index contributed by atoms with van der Waals surface area (Å²) < 4.78 is 5.68. The second-order valence-corrected chi connectivity index (χ2v) is 7.16. The number of rotatable bonds is 6. The van der Waals surface area contributed by atoms with Crippen molar-refractivity contribution in [2.24, 2.45) is 0 Å². The molecule has 0 bridgehead atoms. The first-order valence-electron chi connectivity index (χ1n) is 8.53. The Labute approximate surface area is 141 Å². The van der Waals surface area contributed by atoms with E-state index in [1.165, 1.54) is 19.3 Å². The third kappa shape index (κ3) is 4.40. The lowest BCUT2D eigenvalue weighted by molar-refractivity contribution is 0.0939. The van der Waals surface area contributed by atoms with Gasteiger partial charge < -0.3 is 9.52 Å². The third-order valence-electron chi connectivity index (χ3n) is 4.52. The summed E-state index contributed by atoms with van der Waals surface area (Å²) >= 11 is 1.63. The molecule has 6 heteroatoms. The van der Waals surface area contributed by atoms with E-state index in [0.717, 1.165) is 30.7 Å². The molecular weight excluding hydrogens is 310 g/mol. The predicted molar refractivity (Wildman–Crippen MR) is 90.2 cm³/mol. The van der Waals surface area contributed by atoms with Crippen molar-refractivity contribution in [3.63, 3.8) is 0 Å². The molecule has 126 valence electrons. The predicted octanol–water partition coefficient (Wildman–Crippen LogP) is 3.56. The van der Waals surface area contributed by atoms with Crippen molar-refractivity contribution in [2.75, 3.05) is 6.54 Å². The van der Waals surface area contributed by atoms with Crippen LogP contribution in [0.2, 0.25) is 0 Å². The Hall–Kier alpha value is -1.24. The van der Waals surface area contributed by atoms with Gasteiger partial charge in [0.1, 0.15) is 0 Å². The van der Waals surface area contributed by atoms with Crippen molar-refractivity contribution in [3.8, 4) is 0 Å². The van der Waals surface area contributed by atoms with Crippen LogP contribution in [-0.4, -0.2) is 32.8 Å². The van der Waals surface area contributed by atoms with Gasteiger partial charge in [0.05, 0.1) is 12.6 Å². The average molecular weight is 335 g/mol. The number of nitrogens with zero attached hydrogens (tertiary/aromatic N) is 3. The molecule has 2 aromatic heterocycles. The second kappa shape index (κ2) is 8.04. The van der Waals surface area contributed by atoms with E-state index in [1.807, 2.05) is 24.4 Å². The summed E-state index contributed by atoms with van der Waals surface area (Å²) in [7, 11) is 0. The molecule has 0 saturated carbocycles. The summed E-state index contributed by atoms with van der Waals surface area (Å²) in [5.41, 5.74) is 0. The van der Waals surface area contributed by atoms with Crippen LogP contribution in [-0.2, 0) is 13.0 Å². The minimum Gasteiger partial charge on any atom is -0.424 e. The molecule has 0 radical (unpaired) electrons. The van der Waals surface area contributed by atoms with Crippen molar-refractivity contribution in [3.05, 3.63) is 34.2 Å². The Morgan fingerprint density at radius 3 is 2.96 bits per heavy atom. The number of hydrogen-bond donors (Lipinski definition) is 1. The largest absolute Gasteiger partial charge is 0.424 e. The lowest BCUT2D eigenvalue weighted by Gasteiger charge is -2.30. The van der Waals surface area contributed by atoms with Gasteiger partial charge in [0.2, 0.25) is 11.8 Å². The lowest BCUT2D eigenvalue weighted by Crippen LogP contribution is -2.35. The fourth-order valence-electron chi connectivity index (χ4n) is 3.24. The number of likely N-dealkylation sites (tertiary alicyclic amines) is 1. The van der Waals surface area contributed by atoms with Crippen molar-refractivity contribution in [1.82, 2.24) is 15.1 Å². The van der Waals surface area contributed by atoms with E-state index in [1.54, 1.807) is 11.3 Å². The minimum atomic E-state index is -0.380. The zero-order chi connectivity index (χ0) is 16.1. The normalized spacial score (nSPS) is 21.2. The molecule has 1 fully saturated rings. The van der Waals surface area contributed by atoms with Gasteiger partial charge in [-0.3, -0.25) is 4.90 Å². The first-order chi connectivity index (χ1) is 11.3. The maximum atomic E-state index is 10.5. The lowest BCUT2D eigenvalue weighted by atomic mass is 10.0. The van der Waals surface area contributed by atoms with Gasteiger partial charge in [-0.1, -0.05) is 25.8 Å². The number of aliphatic hydroxyl groups is 1. The monoisotopic (exact) mass is 335 g/mol. The standard InChI is InChI=1S/C17H25N3O2S/c1-2-16-18-19-17(22-16)12-20-9-5-3-4-7-13(20)11-14(21)15-8-6-10-23-15/h6,8,10,13-14,21H,2-5,7,9,11-12H2,1H3/t13-,14+/m1/s1. The molecule has 5 nitrogen and oxygen atoms in total. The fourth-order valence-corrected chi connectivity index (χ4v) is 3.96. The van der Waals surface area contributed by atoms with E-state index < -0.39 is 0 Å². The van der Waals surface area contributed by atoms with Gasteiger partial charge in [0.25, 0.3) is 0 Å². The highest BCUT2D eigenvalue weighted by molar-refractivity contribution is 7.10. The first-order valence-corrected chi connectivity index (χ1v) is 9.41. The van der Waals surface area contributed by atoms with Crippen LogP contribution in [0.5, 0.6) is 0 Å². The molecule has 0 amide bonds. The number of hydrogen-bond acceptors (Lipinski definition) is 6. The summed E-state index contributed by atoms with van der Waals surface area (Å²) in [6.45, 7) is 3.74. The Bertz CT molecular complexity index is 584. The van der Waals surface area contributed by atoms with Crippen molar-refractivity contribution in [1.29, 1.82) is 0 Å². The summed E-state index contributed by atoms with van der Waals surface area (Å²) in [6.07, 6.45) is 5.96. The van der Waals surface area contributed by atoms with E-state index in [4.69, 9.17) is 4.42 Å². The zero-order valence-electron chi connectivity index (χ0n) is 13.6. The average Bonchev–Trinajstić information content (AvgIpc) is 3.19. The number of aromatic nitrogens is 2. The maximum Gasteiger partial charge on any atom is 0.230 e. The molecule has 0 aromatic carbocycles. The Morgan fingerprint density at radius 1 is 1.35 bits per heavy atom. The molecular formula is C17H25N3O2S. The van der Waals surface area contributed by atoms with Crippen LogP contribution < -0.4 is 0 Å². The van der Waals surface area contributed by atoms with Gasteiger partial charge >= 0.3 is 0 Å². The van der Waals surface area contributed by atoms with Gasteiger partial charge in [0, 0.05) is 17.3 Å². The SMILES string of the molecule is CCc1nnc(CN2CCCCC[C@@H]2C[C@H](O)c2cccs2)o1. The Balaban J connectivity index is 1.66. The van der Waals surface area contributed by atoms with E-state index in [0.29, 0.717) is 24.4 Å². The molecule has 1 aliphatic heterocycles. The van der Waals surface area contributed by atoms with Crippen molar-refractivity contribution in [2.45, 2.75) is 64.1 Å². The molecule has 1 N–H and O–H groups in total. The first kappa shape index (κ1) is 16.6. The Kier molecular flexibility index (Phi) is 5.80. The molecule has 1 aliphatic rings. The summed E-state index contributed by atoms with van der Waals surface area (Å²) in [5, 5.41) is 20.7. The third-order valence-corrected chi connectivity index (χ3v) is 5.49. The second-order valence-electron chi connectivity index (χ2n) is 6.18. The van der Waals surface area contributed by atoms with Crippen LogP contribution in [0.3, 0.4) is 0 Å². The summed E-state index contributed by atoms with van der Waals surface area (Å²) in [4.78, 5) is 3.47. The van der Waals surface area contributed by atoms with Crippen LogP contribution >= 0.6 is 11.3 Å².